The van der Waals surface area contributed by atoms with Crippen molar-refractivity contribution in [3.05, 3.63) is 24.3 Å². The number of unbranched alkanes of at least 4 members (excludes halogenated alkanes) is 12. The van der Waals surface area contributed by atoms with Crippen LogP contribution < -0.4 is 0 Å². The first-order chi connectivity index (χ1) is 21.8. The number of hydrogen-bond donors (Lipinski definition) is 4. The predicted octanol–water partition coefficient (Wildman–Crippen LogP) is 5.43. The summed E-state index contributed by atoms with van der Waals surface area (Å²) in [5.41, 5.74) is 0. The molecule has 0 aromatic carbocycles. The van der Waals surface area contributed by atoms with Crippen molar-refractivity contribution in [2.24, 2.45) is 0 Å². The molecule has 1 aliphatic rings. The van der Waals surface area contributed by atoms with E-state index in [1.165, 1.54) is 32.1 Å². The van der Waals surface area contributed by atoms with Crippen LogP contribution in [0.4, 0.5) is 0 Å². The van der Waals surface area contributed by atoms with E-state index in [1.54, 1.807) is 0 Å². The van der Waals surface area contributed by atoms with E-state index in [0.717, 1.165) is 57.8 Å². The summed E-state index contributed by atoms with van der Waals surface area (Å²) in [6, 6.07) is 0. The number of esters is 2. The maximum atomic E-state index is 12.6. The van der Waals surface area contributed by atoms with E-state index in [2.05, 4.69) is 38.2 Å². The number of carbonyl (C=O) groups is 2. The van der Waals surface area contributed by atoms with Crippen LogP contribution in [0.5, 0.6) is 0 Å². The van der Waals surface area contributed by atoms with Crippen LogP contribution >= 0.6 is 0 Å². The molecule has 262 valence electrons. The van der Waals surface area contributed by atoms with Gasteiger partial charge in [0.05, 0.1) is 13.2 Å². The minimum atomic E-state index is -1.59. The highest BCUT2D eigenvalue weighted by Crippen LogP contribution is 2.22. The van der Waals surface area contributed by atoms with E-state index in [9.17, 15) is 30.0 Å². The molecular weight excluding hydrogens is 580 g/mol. The Balaban J connectivity index is 2.37. The average molecular weight is 643 g/mol. The van der Waals surface area contributed by atoms with Crippen LogP contribution in [0.1, 0.15) is 129 Å². The van der Waals surface area contributed by atoms with Crippen molar-refractivity contribution < 1.29 is 49.0 Å². The molecule has 4 N–H and O–H groups in total. The van der Waals surface area contributed by atoms with E-state index < -0.39 is 55.4 Å². The fourth-order valence-electron chi connectivity index (χ4n) is 4.98. The zero-order chi connectivity index (χ0) is 33.1. The Morgan fingerprint density at radius 1 is 0.689 bits per heavy atom. The topological polar surface area (TPSA) is 152 Å². The summed E-state index contributed by atoms with van der Waals surface area (Å²) in [5, 5.41) is 39.6. The van der Waals surface area contributed by atoms with Crippen molar-refractivity contribution in [3.63, 3.8) is 0 Å². The fourth-order valence-corrected chi connectivity index (χ4v) is 4.98. The molecule has 6 unspecified atom stereocenters. The molecule has 0 saturated carbocycles. The smallest absolute Gasteiger partial charge is 0.306 e. The molecule has 0 amide bonds. The maximum absolute atomic E-state index is 12.6. The third kappa shape index (κ3) is 20.1. The molecule has 0 aliphatic carbocycles. The summed E-state index contributed by atoms with van der Waals surface area (Å²) in [4.78, 5) is 24.8. The van der Waals surface area contributed by atoms with Gasteiger partial charge in [0.15, 0.2) is 12.4 Å². The molecule has 0 bridgehead atoms. The summed E-state index contributed by atoms with van der Waals surface area (Å²) in [7, 11) is 0. The molecule has 1 aliphatic heterocycles. The van der Waals surface area contributed by atoms with Crippen molar-refractivity contribution >= 4 is 11.9 Å². The Kier molecular flexibility index (Phi) is 25.0. The second kappa shape index (κ2) is 27.3. The SMILES string of the molecule is CCCCCC/C=C\C/C=C\CCCCCCCC(=O)OC(COC(=O)CCCCCC)COC1OC(CO)C(O)C(O)C1O. The number of hydrogen-bond acceptors (Lipinski definition) is 10. The van der Waals surface area contributed by atoms with Crippen LogP contribution in [0.3, 0.4) is 0 Å². The Morgan fingerprint density at radius 2 is 1.24 bits per heavy atom. The van der Waals surface area contributed by atoms with Gasteiger partial charge in [0, 0.05) is 12.8 Å². The molecule has 1 fully saturated rings. The molecule has 0 aromatic heterocycles. The van der Waals surface area contributed by atoms with Gasteiger partial charge in [-0.05, 0) is 44.9 Å². The maximum Gasteiger partial charge on any atom is 0.306 e. The van der Waals surface area contributed by atoms with Crippen LogP contribution in [0.25, 0.3) is 0 Å². The monoisotopic (exact) mass is 642 g/mol. The first kappa shape index (κ1) is 41.2. The van der Waals surface area contributed by atoms with Crippen molar-refractivity contribution in [1.29, 1.82) is 0 Å². The standard InChI is InChI=1S/C35H62O10/c1-3-5-7-9-10-11-12-13-14-15-16-17-18-19-20-22-24-31(38)44-28(26-42-30(37)23-21-8-6-4-2)27-43-35-34(41)33(40)32(39)29(25-36)45-35/h11-12,14-15,28-29,32-36,39-41H,3-10,13,16-27H2,1-2H3/b12-11-,15-14-. The number of aliphatic hydroxyl groups excluding tert-OH is 4. The van der Waals surface area contributed by atoms with E-state index in [4.69, 9.17) is 18.9 Å². The van der Waals surface area contributed by atoms with Crippen molar-refractivity contribution in [3.8, 4) is 0 Å². The number of ether oxygens (including phenoxy) is 4. The third-order valence-corrected chi connectivity index (χ3v) is 7.84. The van der Waals surface area contributed by atoms with Crippen LogP contribution in [-0.4, -0.2) is 89.0 Å². The zero-order valence-electron chi connectivity index (χ0n) is 27.9. The van der Waals surface area contributed by atoms with Crippen LogP contribution in [0, 0.1) is 0 Å². The second-order valence-corrected chi connectivity index (χ2v) is 12.0. The van der Waals surface area contributed by atoms with Crippen molar-refractivity contribution in [2.45, 2.75) is 166 Å². The molecule has 1 saturated heterocycles. The van der Waals surface area contributed by atoms with Gasteiger partial charge >= 0.3 is 11.9 Å². The first-order valence-electron chi connectivity index (χ1n) is 17.4. The van der Waals surface area contributed by atoms with Crippen LogP contribution in [0.2, 0.25) is 0 Å². The van der Waals surface area contributed by atoms with Gasteiger partial charge in [-0.25, -0.2) is 0 Å². The van der Waals surface area contributed by atoms with E-state index in [0.29, 0.717) is 12.8 Å². The normalized spacial score (nSPS) is 22.7. The molecule has 6 atom stereocenters. The van der Waals surface area contributed by atoms with E-state index in [1.807, 2.05) is 0 Å². The molecule has 0 radical (unpaired) electrons. The number of carbonyl (C=O) groups excluding carboxylic acids is 2. The summed E-state index contributed by atoms with van der Waals surface area (Å²) in [6.45, 7) is 3.22. The molecular formula is C35H62O10. The Bertz CT molecular complexity index is 799. The van der Waals surface area contributed by atoms with Gasteiger partial charge < -0.3 is 39.4 Å². The summed E-state index contributed by atoms with van der Waals surface area (Å²) in [6.07, 6.45) is 18.3. The highest BCUT2D eigenvalue weighted by atomic mass is 16.7. The van der Waals surface area contributed by atoms with Crippen LogP contribution in [-0.2, 0) is 28.5 Å². The molecule has 45 heavy (non-hydrogen) atoms. The molecule has 0 spiro atoms. The predicted molar refractivity (Wildman–Crippen MR) is 173 cm³/mol. The highest BCUT2D eigenvalue weighted by molar-refractivity contribution is 5.70. The lowest BCUT2D eigenvalue weighted by atomic mass is 9.99. The first-order valence-corrected chi connectivity index (χ1v) is 17.4. The van der Waals surface area contributed by atoms with Gasteiger partial charge in [-0.1, -0.05) is 95.9 Å². The quantitative estimate of drug-likeness (QED) is 0.0518. The fraction of sp³-hybridized carbons (Fsp3) is 0.829. The summed E-state index contributed by atoms with van der Waals surface area (Å²) >= 11 is 0. The van der Waals surface area contributed by atoms with Crippen molar-refractivity contribution in [1.82, 2.24) is 0 Å². The lowest BCUT2D eigenvalue weighted by Crippen LogP contribution is -2.59. The number of rotatable bonds is 27. The summed E-state index contributed by atoms with van der Waals surface area (Å²) < 4.78 is 21.8. The zero-order valence-corrected chi connectivity index (χ0v) is 27.9. The summed E-state index contributed by atoms with van der Waals surface area (Å²) in [5.74, 6) is -0.846. The second-order valence-electron chi connectivity index (χ2n) is 12.0. The molecule has 10 nitrogen and oxygen atoms in total. The van der Waals surface area contributed by atoms with Gasteiger partial charge in [0.25, 0.3) is 0 Å². The van der Waals surface area contributed by atoms with E-state index in [-0.39, 0.29) is 26.1 Å². The van der Waals surface area contributed by atoms with Gasteiger partial charge in [0.1, 0.15) is 31.0 Å². The minimum Gasteiger partial charge on any atom is -0.462 e. The minimum absolute atomic E-state index is 0.214. The third-order valence-electron chi connectivity index (χ3n) is 7.84. The van der Waals surface area contributed by atoms with Gasteiger partial charge in [-0.3, -0.25) is 9.59 Å². The number of aliphatic hydroxyl groups is 4. The lowest BCUT2D eigenvalue weighted by molar-refractivity contribution is -0.305. The van der Waals surface area contributed by atoms with Gasteiger partial charge in [-0.2, -0.15) is 0 Å². The van der Waals surface area contributed by atoms with Crippen LogP contribution in [0.15, 0.2) is 24.3 Å². The Hall–Kier alpha value is -1.82. The largest absolute Gasteiger partial charge is 0.462 e. The van der Waals surface area contributed by atoms with Gasteiger partial charge in [-0.15, -0.1) is 0 Å². The molecule has 10 heteroatoms. The highest BCUT2D eigenvalue weighted by Gasteiger charge is 2.44. The van der Waals surface area contributed by atoms with Crippen molar-refractivity contribution in [2.75, 3.05) is 19.8 Å². The Labute approximate surface area is 271 Å². The number of allylic oxidation sites excluding steroid dienone is 4. The molecule has 1 heterocycles. The molecule has 1 rings (SSSR count). The van der Waals surface area contributed by atoms with Gasteiger partial charge in [0.2, 0.25) is 0 Å². The molecule has 0 aromatic rings. The lowest BCUT2D eigenvalue weighted by Gasteiger charge is -2.39. The Morgan fingerprint density at radius 3 is 1.87 bits per heavy atom. The average Bonchev–Trinajstić information content (AvgIpc) is 3.03. The van der Waals surface area contributed by atoms with E-state index >= 15 is 0 Å².